The van der Waals surface area contributed by atoms with Crippen LogP contribution in [-0.4, -0.2) is 58.9 Å². The molecule has 0 aromatic carbocycles. The molecule has 6 heteroatoms. The molecular weight excluding hydrogens is 308 g/mol. The van der Waals surface area contributed by atoms with E-state index in [4.69, 9.17) is 0 Å². The van der Waals surface area contributed by atoms with Crippen LogP contribution in [0.5, 0.6) is 0 Å². The molecule has 2 fully saturated rings. The van der Waals surface area contributed by atoms with E-state index < -0.39 is 5.97 Å². The highest BCUT2D eigenvalue weighted by molar-refractivity contribution is 5.82. The van der Waals surface area contributed by atoms with Gasteiger partial charge in [0.25, 0.3) is 0 Å². The van der Waals surface area contributed by atoms with Crippen LogP contribution >= 0.6 is 0 Å². The number of carboxylic acid groups (broad SMARTS) is 1. The normalized spacial score (nSPS) is 25.6. The lowest BCUT2D eigenvalue weighted by Crippen LogP contribution is -2.47. The van der Waals surface area contributed by atoms with E-state index in [9.17, 15) is 19.5 Å². The highest BCUT2D eigenvalue weighted by Gasteiger charge is 2.36. The summed E-state index contributed by atoms with van der Waals surface area (Å²) in [4.78, 5) is 39.9. The van der Waals surface area contributed by atoms with Gasteiger partial charge < -0.3 is 14.9 Å². The average Bonchev–Trinajstić information content (AvgIpc) is 2.60. The maximum atomic E-state index is 12.7. The molecular formula is C18H30N2O4. The fraction of sp³-hybridized carbons (Fsp3) is 0.833. The lowest BCUT2D eigenvalue weighted by Gasteiger charge is -2.37. The maximum absolute atomic E-state index is 12.7. The third kappa shape index (κ3) is 4.28. The lowest BCUT2D eigenvalue weighted by molar-refractivity contribution is -0.147. The first-order valence-corrected chi connectivity index (χ1v) is 9.09. The van der Waals surface area contributed by atoms with Gasteiger partial charge in [-0.15, -0.1) is 0 Å². The first-order valence-electron chi connectivity index (χ1n) is 9.09. The van der Waals surface area contributed by atoms with Gasteiger partial charge in [0, 0.05) is 38.0 Å². The summed E-state index contributed by atoms with van der Waals surface area (Å²) in [6.07, 6.45) is 4.15. The van der Waals surface area contributed by atoms with Crippen molar-refractivity contribution >= 4 is 17.8 Å². The van der Waals surface area contributed by atoms with Crippen LogP contribution in [0.25, 0.3) is 0 Å². The number of aliphatic carboxylic acids is 1. The molecule has 0 spiro atoms. The van der Waals surface area contributed by atoms with Gasteiger partial charge in [0.1, 0.15) is 0 Å². The monoisotopic (exact) mass is 338 g/mol. The van der Waals surface area contributed by atoms with E-state index in [2.05, 4.69) is 0 Å². The van der Waals surface area contributed by atoms with Crippen LogP contribution in [0, 0.1) is 17.8 Å². The number of carboxylic acids is 1. The third-order valence-electron chi connectivity index (χ3n) is 5.65. The van der Waals surface area contributed by atoms with Crippen molar-refractivity contribution in [2.45, 2.75) is 58.4 Å². The Morgan fingerprint density at radius 1 is 1.00 bits per heavy atom. The fourth-order valence-electron chi connectivity index (χ4n) is 3.79. The molecule has 24 heavy (non-hydrogen) atoms. The van der Waals surface area contributed by atoms with Crippen LogP contribution in [0.3, 0.4) is 0 Å². The molecule has 2 aliphatic rings. The van der Waals surface area contributed by atoms with Crippen LogP contribution in [0.1, 0.15) is 52.4 Å². The summed E-state index contributed by atoms with van der Waals surface area (Å²) in [6.45, 7) is 5.21. The predicted molar refractivity (Wildman–Crippen MR) is 90.3 cm³/mol. The van der Waals surface area contributed by atoms with Gasteiger partial charge in [0.15, 0.2) is 0 Å². The van der Waals surface area contributed by atoms with Crippen molar-refractivity contribution in [3.05, 3.63) is 0 Å². The van der Waals surface area contributed by atoms with Crippen LogP contribution in [0.4, 0.5) is 0 Å². The minimum absolute atomic E-state index is 0.000395. The Labute approximate surface area is 144 Å². The van der Waals surface area contributed by atoms with Crippen LogP contribution in [0.2, 0.25) is 0 Å². The van der Waals surface area contributed by atoms with Gasteiger partial charge in [-0.3, -0.25) is 14.4 Å². The molecule has 1 heterocycles. The molecule has 1 aliphatic carbocycles. The third-order valence-corrected chi connectivity index (χ3v) is 5.65. The van der Waals surface area contributed by atoms with Crippen molar-refractivity contribution in [3.8, 4) is 0 Å². The molecule has 1 aliphatic heterocycles. The van der Waals surface area contributed by atoms with Crippen LogP contribution in [-0.2, 0) is 14.4 Å². The second-order valence-electron chi connectivity index (χ2n) is 7.54. The van der Waals surface area contributed by atoms with Crippen LogP contribution < -0.4 is 0 Å². The molecule has 0 radical (unpaired) electrons. The minimum atomic E-state index is -0.784. The predicted octanol–water partition coefficient (Wildman–Crippen LogP) is 1.98. The van der Waals surface area contributed by atoms with E-state index in [-0.39, 0.29) is 35.6 Å². The molecule has 0 bridgehead atoms. The minimum Gasteiger partial charge on any atom is -0.481 e. The van der Waals surface area contributed by atoms with Crippen molar-refractivity contribution in [3.63, 3.8) is 0 Å². The molecule has 1 N–H and O–H groups in total. The van der Waals surface area contributed by atoms with Crippen molar-refractivity contribution < 1.29 is 19.5 Å². The molecule has 2 rings (SSSR count). The number of hydrogen-bond acceptors (Lipinski definition) is 3. The largest absolute Gasteiger partial charge is 0.481 e. The highest BCUT2D eigenvalue weighted by atomic mass is 16.4. The van der Waals surface area contributed by atoms with E-state index in [1.165, 1.54) is 0 Å². The summed E-state index contributed by atoms with van der Waals surface area (Å²) in [6, 6.07) is 0.187. The zero-order valence-corrected chi connectivity index (χ0v) is 15.0. The molecule has 0 aromatic heterocycles. The summed E-state index contributed by atoms with van der Waals surface area (Å²) in [5, 5.41) is 9.17. The molecule has 1 saturated heterocycles. The Balaban J connectivity index is 1.86. The average molecular weight is 338 g/mol. The quantitative estimate of drug-likeness (QED) is 0.850. The smallest absolute Gasteiger partial charge is 0.306 e. The highest BCUT2D eigenvalue weighted by Crippen LogP contribution is 2.32. The van der Waals surface area contributed by atoms with E-state index >= 15 is 0 Å². The Kier molecular flexibility index (Phi) is 6.24. The lowest BCUT2D eigenvalue weighted by atomic mass is 9.80. The van der Waals surface area contributed by atoms with E-state index in [0.717, 1.165) is 12.8 Å². The zero-order valence-electron chi connectivity index (χ0n) is 15.0. The first-order chi connectivity index (χ1) is 11.3. The number of likely N-dealkylation sites (tertiary alicyclic amines) is 1. The number of carbonyl (C=O) groups excluding carboxylic acids is 2. The molecule has 1 saturated carbocycles. The van der Waals surface area contributed by atoms with Gasteiger partial charge in [-0.1, -0.05) is 6.42 Å². The Morgan fingerprint density at radius 3 is 2.12 bits per heavy atom. The van der Waals surface area contributed by atoms with Crippen molar-refractivity contribution in [1.29, 1.82) is 0 Å². The molecule has 2 atom stereocenters. The second-order valence-corrected chi connectivity index (χ2v) is 7.54. The van der Waals surface area contributed by atoms with Gasteiger partial charge in [0.05, 0.1) is 5.92 Å². The Morgan fingerprint density at radius 2 is 1.58 bits per heavy atom. The van der Waals surface area contributed by atoms with E-state index in [1.54, 1.807) is 4.90 Å². The zero-order chi connectivity index (χ0) is 17.9. The standard InChI is InChI=1S/C18H30N2O4/c1-12(2)19(3)16(21)13-7-9-20(10-8-13)17(22)14-5-4-6-15(11-14)18(23)24/h12-15H,4-11H2,1-3H3,(H,23,24). The number of rotatable bonds is 4. The molecule has 0 aromatic rings. The van der Waals surface area contributed by atoms with Gasteiger partial charge in [-0.2, -0.15) is 0 Å². The number of amides is 2. The Hall–Kier alpha value is -1.59. The summed E-state index contributed by atoms with van der Waals surface area (Å²) in [7, 11) is 1.83. The number of hydrogen-bond donors (Lipinski definition) is 1. The second kappa shape index (κ2) is 7.99. The summed E-state index contributed by atoms with van der Waals surface area (Å²) in [5.74, 6) is -1.07. The molecule has 2 amide bonds. The fourth-order valence-corrected chi connectivity index (χ4v) is 3.79. The first kappa shape index (κ1) is 18.7. The van der Waals surface area contributed by atoms with Crippen molar-refractivity contribution in [1.82, 2.24) is 9.80 Å². The summed E-state index contributed by atoms with van der Waals surface area (Å²) in [5.41, 5.74) is 0. The van der Waals surface area contributed by atoms with Gasteiger partial charge in [-0.25, -0.2) is 0 Å². The Bertz CT molecular complexity index is 483. The maximum Gasteiger partial charge on any atom is 0.306 e. The molecule has 136 valence electrons. The molecule has 6 nitrogen and oxygen atoms in total. The van der Waals surface area contributed by atoms with Crippen molar-refractivity contribution in [2.24, 2.45) is 17.8 Å². The van der Waals surface area contributed by atoms with Crippen molar-refractivity contribution in [2.75, 3.05) is 20.1 Å². The van der Waals surface area contributed by atoms with E-state index in [0.29, 0.717) is 38.8 Å². The SMILES string of the molecule is CC(C)N(C)C(=O)C1CCN(C(=O)C2CCCC(C(=O)O)C2)CC1. The number of nitrogens with zero attached hydrogens (tertiary/aromatic N) is 2. The van der Waals surface area contributed by atoms with E-state index in [1.807, 2.05) is 25.8 Å². The van der Waals surface area contributed by atoms with Gasteiger partial charge in [0.2, 0.25) is 11.8 Å². The summed E-state index contributed by atoms with van der Waals surface area (Å²) >= 11 is 0. The number of carbonyl (C=O) groups is 3. The van der Waals surface area contributed by atoms with Gasteiger partial charge >= 0.3 is 5.97 Å². The summed E-state index contributed by atoms with van der Waals surface area (Å²) < 4.78 is 0. The van der Waals surface area contributed by atoms with Crippen LogP contribution in [0.15, 0.2) is 0 Å². The van der Waals surface area contributed by atoms with Gasteiger partial charge in [-0.05, 0) is 46.0 Å². The topological polar surface area (TPSA) is 77.9 Å². The number of piperidine rings is 1. The molecule has 2 unspecified atom stereocenters.